The summed E-state index contributed by atoms with van der Waals surface area (Å²) in [6.07, 6.45) is 1.42. The van der Waals surface area contributed by atoms with Crippen LogP contribution in [0.3, 0.4) is 0 Å². The molecule has 0 saturated heterocycles. The second-order valence-corrected chi connectivity index (χ2v) is 3.78. The van der Waals surface area contributed by atoms with E-state index in [-0.39, 0.29) is 17.5 Å². The van der Waals surface area contributed by atoms with Crippen LogP contribution in [0.25, 0.3) is 11.2 Å². The van der Waals surface area contributed by atoms with Crippen molar-refractivity contribution in [3.8, 4) is 0 Å². The van der Waals surface area contributed by atoms with Crippen LogP contribution in [-0.4, -0.2) is 19.9 Å². The highest BCUT2D eigenvalue weighted by Crippen LogP contribution is 2.24. The fourth-order valence-corrected chi connectivity index (χ4v) is 1.66. The van der Waals surface area contributed by atoms with Crippen molar-refractivity contribution in [2.45, 2.75) is 0 Å². The Morgan fingerprint density at radius 3 is 2.84 bits per heavy atom. The quantitative estimate of drug-likeness (QED) is 0.656. The van der Waals surface area contributed by atoms with Gasteiger partial charge in [0.25, 0.3) is 0 Å². The summed E-state index contributed by atoms with van der Waals surface area (Å²) >= 11 is 0. The molecule has 0 aliphatic rings. The van der Waals surface area contributed by atoms with E-state index in [4.69, 9.17) is 5.73 Å². The standard InChI is InChI=1S/C11H8F2N6/c12-5-1-2-7(6(13)3-5)17-10-8-9(16-4-15-8)18-11(14)19-10/h1-4H,(H4,14,15,16,17,18,19). The van der Waals surface area contributed by atoms with Crippen LogP contribution < -0.4 is 11.1 Å². The van der Waals surface area contributed by atoms with E-state index in [1.165, 1.54) is 12.4 Å². The highest BCUT2D eigenvalue weighted by Gasteiger charge is 2.11. The molecule has 0 aliphatic carbocycles. The lowest BCUT2D eigenvalue weighted by molar-refractivity contribution is 0.586. The third-order valence-electron chi connectivity index (χ3n) is 2.49. The smallest absolute Gasteiger partial charge is 0.224 e. The van der Waals surface area contributed by atoms with E-state index in [2.05, 4.69) is 25.3 Å². The molecule has 8 heteroatoms. The average molecular weight is 262 g/mol. The van der Waals surface area contributed by atoms with E-state index in [1.807, 2.05) is 0 Å². The van der Waals surface area contributed by atoms with Gasteiger partial charge in [-0.25, -0.2) is 13.8 Å². The van der Waals surface area contributed by atoms with Gasteiger partial charge in [0.05, 0.1) is 12.0 Å². The molecule has 1 aromatic carbocycles. The lowest BCUT2D eigenvalue weighted by Gasteiger charge is -2.07. The first-order chi connectivity index (χ1) is 9.13. The number of nitrogen functional groups attached to an aromatic ring is 1. The monoisotopic (exact) mass is 262 g/mol. The second-order valence-electron chi connectivity index (χ2n) is 3.78. The lowest BCUT2D eigenvalue weighted by Crippen LogP contribution is -2.02. The summed E-state index contributed by atoms with van der Waals surface area (Å²) in [6.45, 7) is 0. The van der Waals surface area contributed by atoms with E-state index in [0.717, 1.165) is 12.1 Å². The Balaban J connectivity index is 2.07. The molecule has 0 spiro atoms. The van der Waals surface area contributed by atoms with Gasteiger partial charge in [0, 0.05) is 6.07 Å². The van der Waals surface area contributed by atoms with Gasteiger partial charge in [0.1, 0.15) is 17.2 Å². The van der Waals surface area contributed by atoms with Gasteiger partial charge in [0.15, 0.2) is 11.5 Å². The number of nitrogens with two attached hydrogens (primary N) is 1. The zero-order chi connectivity index (χ0) is 13.4. The summed E-state index contributed by atoms with van der Waals surface area (Å²) in [6, 6.07) is 3.18. The van der Waals surface area contributed by atoms with E-state index in [0.29, 0.717) is 11.2 Å². The highest BCUT2D eigenvalue weighted by atomic mass is 19.1. The van der Waals surface area contributed by atoms with Crippen LogP contribution in [0.4, 0.5) is 26.2 Å². The highest BCUT2D eigenvalue weighted by molar-refractivity contribution is 5.85. The lowest BCUT2D eigenvalue weighted by atomic mass is 10.3. The Labute approximate surface area is 105 Å². The molecule has 0 amide bonds. The van der Waals surface area contributed by atoms with Crippen molar-refractivity contribution in [2.75, 3.05) is 11.1 Å². The summed E-state index contributed by atoms with van der Waals surface area (Å²) in [4.78, 5) is 14.6. The number of nitrogens with zero attached hydrogens (tertiary/aromatic N) is 3. The topological polar surface area (TPSA) is 92.5 Å². The maximum absolute atomic E-state index is 13.6. The molecule has 2 heterocycles. The summed E-state index contributed by atoms with van der Waals surface area (Å²) in [5, 5.41) is 2.73. The van der Waals surface area contributed by atoms with Crippen LogP contribution in [-0.2, 0) is 0 Å². The van der Waals surface area contributed by atoms with Crippen molar-refractivity contribution in [1.29, 1.82) is 0 Å². The molecule has 6 nitrogen and oxygen atoms in total. The number of hydrogen-bond acceptors (Lipinski definition) is 5. The molecule has 19 heavy (non-hydrogen) atoms. The molecule has 3 aromatic rings. The van der Waals surface area contributed by atoms with Crippen molar-refractivity contribution < 1.29 is 8.78 Å². The van der Waals surface area contributed by atoms with Crippen LogP contribution in [0.2, 0.25) is 0 Å². The molecule has 2 aromatic heterocycles. The predicted molar refractivity (Wildman–Crippen MR) is 65.7 cm³/mol. The normalized spacial score (nSPS) is 10.8. The average Bonchev–Trinajstić information content (AvgIpc) is 2.80. The van der Waals surface area contributed by atoms with Gasteiger partial charge >= 0.3 is 0 Å². The second kappa shape index (κ2) is 4.16. The predicted octanol–water partition coefficient (Wildman–Crippen LogP) is 1.96. The van der Waals surface area contributed by atoms with Crippen LogP contribution in [0.1, 0.15) is 0 Å². The van der Waals surface area contributed by atoms with Crippen molar-refractivity contribution in [2.24, 2.45) is 0 Å². The zero-order valence-corrected chi connectivity index (χ0v) is 9.48. The number of fused-ring (bicyclic) bond motifs is 1. The Kier molecular flexibility index (Phi) is 2.48. The molecule has 0 aliphatic heterocycles. The number of hydrogen-bond donors (Lipinski definition) is 3. The van der Waals surface area contributed by atoms with Gasteiger partial charge in [0.2, 0.25) is 5.95 Å². The Morgan fingerprint density at radius 1 is 1.21 bits per heavy atom. The van der Waals surface area contributed by atoms with Gasteiger partial charge in [-0.2, -0.15) is 9.97 Å². The first-order valence-corrected chi connectivity index (χ1v) is 5.32. The number of halogens is 2. The number of H-pyrrole nitrogens is 1. The first kappa shape index (κ1) is 11.3. The van der Waals surface area contributed by atoms with E-state index < -0.39 is 11.6 Å². The van der Waals surface area contributed by atoms with Crippen LogP contribution in [0, 0.1) is 11.6 Å². The maximum Gasteiger partial charge on any atom is 0.224 e. The van der Waals surface area contributed by atoms with E-state index in [1.54, 1.807) is 0 Å². The minimum Gasteiger partial charge on any atom is -0.368 e. The fraction of sp³-hybridized carbons (Fsp3) is 0. The van der Waals surface area contributed by atoms with Gasteiger partial charge in [-0.15, -0.1) is 0 Å². The third kappa shape index (κ3) is 2.03. The molecule has 0 saturated carbocycles. The van der Waals surface area contributed by atoms with E-state index >= 15 is 0 Å². The maximum atomic E-state index is 13.6. The molecule has 0 radical (unpaired) electrons. The van der Waals surface area contributed by atoms with Crippen LogP contribution in [0.15, 0.2) is 24.5 Å². The number of benzene rings is 1. The molecule has 0 bridgehead atoms. The number of rotatable bonds is 2. The first-order valence-electron chi connectivity index (χ1n) is 5.32. The number of nitrogens with one attached hydrogen (secondary N) is 2. The summed E-state index contributed by atoms with van der Waals surface area (Å²) in [5.41, 5.74) is 6.45. The summed E-state index contributed by atoms with van der Waals surface area (Å²) < 4.78 is 26.4. The minimum absolute atomic E-state index is 0.00428. The van der Waals surface area contributed by atoms with Gasteiger partial charge in [-0.1, -0.05) is 0 Å². The molecule has 4 N–H and O–H groups in total. The third-order valence-corrected chi connectivity index (χ3v) is 2.49. The van der Waals surface area contributed by atoms with Gasteiger partial charge in [-0.3, -0.25) is 0 Å². The molecule has 96 valence electrons. The number of aromatic nitrogens is 4. The minimum atomic E-state index is -0.732. The summed E-state index contributed by atoms with van der Waals surface area (Å²) in [7, 11) is 0. The number of anilines is 3. The molecular weight excluding hydrogens is 254 g/mol. The number of aromatic amines is 1. The van der Waals surface area contributed by atoms with Gasteiger partial charge in [-0.05, 0) is 12.1 Å². The number of imidazole rings is 1. The van der Waals surface area contributed by atoms with Crippen LogP contribution in [0.5, 0.6) is 0 Å². The molecular formula is C11H8F2N6. The van der Waals surface area contributed by atoms with Crippen molar-refractivity contribution in [3.63, 3.8) is 0 Å². The van der Waals surface area contributed by atoms with Crippen molar-refractivity contribution >= 4 is 28.6 Å². The molecule has 3 rings (SSSR count). The Hall–Kier alpha value is -2.77. The Bertz CT molecular complexity index is 754. The van der Waals surface area contributed by atoms with Crippen LogP contribution >= 0.6 is 0 Å². The van der Waals surface area contributed by atoms with Crippen molar-refractivity contribution in [1.82, 2.24) is 19.9 Å². The van der Waals surface area contributed by atoms with E-state index in [9.17, 15) is 8.78 Å². The summed E-state index contributed by atoms with van der Waals surface area (Å²) in [5.74, 6) is -1.11. The largest absolute Gasteiger partial charge is 0.368 e. The Morgan fingerprint density at radius 2 is 2.05 bits per heavy atom. The SMILES string of the molecule is Nc1nc(Nc2ccc(F)cc2F)c2[nH]cnc2n1. The fourth-order valence-electron chi connectivity index (χ4n) is 1.66. The molecule has 0 unspecified atom stereocenters. The van der Waals surface area contributed by atoms with Gasteiger partial charge < -0.3 is 16.0 Å². The molecule has 0 fully saturated rings. The molecule has 0 atom stereocenters. The van der Waals surface area contributed by atoms with Crippen molar-refractivity contribution in [3.05, 3.63) is 36.2 Å². The zero-order valence-electron chi connectivity index (χ0n) is 9.48.